The molecule has 0 atom stereocenters. The molecule has 8 heteroatoms. The lowest BCUT2D eigenvalue weighted by Gasteiger charge is -2.21. The van der Waals surface area contributed by atoms with Crippen LogP contribution in [0.4, 0.5) is 5.69 Å². The van der Waals surface area contributed by atoms with E-state index in [-0.39, 0.29) is 4.90 Å². The van der Waals surface area contributed by atoms with Gasteiger partial charge in [0.15, 0.2) is 5.11 Å². The Morgan fingerprint density at radius 3 is 2.48 bits per heavy atom. The number of benzene rings is 1. The first-order valence-electron chi connectivity index (χ1n) is 8.76. The van der Waals surface area contributed by atoms with E-state index in [0.29, 0.717) is 35.7 Å². The number of ether oxygens (including phenoxy) is 1. The summed E-state index contributed by atoms with van der Waals surface area (Å²) in [4.78, 5) is 0.270. The first-order chi connectivity index (χ1) is 12.0. The largest absolute Gasteiger partial charge is 0.495 e. The fraction of sp³-hybridized carbons (Fsp3) is 0.588. The van der Waals surface area contributed by atoms with Gasteiger partial charge >= 0.3 is 0 Å². The molecule has 3 rings (SSSR count). The lowest BCUT2D eigenvalue weighted by molar-refractivity contribution is 0.415. The van der Waals surface area contributed by atoms with Crippen LogP contribution in [0.5, 0.6) is 5.75 Å². The molecular formula is C17H25N3O3S2. The van der Waals surface area contributed by atoms with Crippen molar-refractivity contribution in [3.63, 3.8) is 0 Å². The van der Waals surface area contributed by atoms with Crippen LogP contribution in [0.15, 0.2) is 23.1 Å². The van der Waals surface area contributed by atoms with Gasteiger partial charge in [0.1, 0.15) is 5.75 Å². The summed E-state index contributed by atoms with van der Waals surface area (Å²) in [5.74, 6) is 0.565. The van der Waals surface area contributed by atoms with Crippen molar-refractivity contribution in [1.29, 1.82) is 0 Å². The third-order valence-electron chi connectivity index (χ3n) is 4.53. The fourth-order valence-corrected chi connectivity index (χ4v) is 4.77. The minimum atomic E-state index is -3.51. The highest BCUT2D eigenvalue weighted by Gasteiger charge is 2.26. The highest BCUT2D eigenvalue weighted by Crippen LogP contribution is 2.30. The molecule has 1 aromatic carbocycles. The molecule has 0 spiro atoms. The number of hydrogen-bond acceptors (Lipinski definition) is 4. The average molecular weight is 384 g/mol. The van der Waals surface area contributed by atoms with Crippen molar-refractivity contribution in [1.82, 2.24) is 9.62 Å². The highest BCUT2D eigenvalue weighted by molar-refractivity contribution is 7.89. The Labute approximate surface area is 155 Å². The Morgan fingerprint density at radius 1 is 1.20 bits per heavy atom. The molecule has 0 amide bonds. The zero-order valence-electron chi connectivity index (χ0n) is 14.5. The van der Waals surface area contributed by atoms with Gasteiger partial charge in [-0.05, 0) is 56.1 Å². The summed E-state index contributed by atoms with van der Waals surface area (Å²) in [7, 11) is -1.95. The van der Waals surface area contributed by atoms with Crippen LogP contribution in [0.1, 0.15) is 38.5 Å². The van der Waals surface area contributed by atoms with Crippen molar-refractivity contribution in [2.24, 2.45) is 0 Å². The van der Waals surface area contributed by atoms with Gasteiger partial charge in [0, 0.05) is 19.1 Å². The summed E-state index contributed by atoms with van der Waals surface area (Å²) < 4.78 is 32.9. The Bertz CT molecular complexity index is 725. The number of nitrogens with one attached hydrogen (secondary N) is 2. The summed E-state index contributed by atoms with van der Waals surface area (Å²) >= 11 is 5.30. The summed E-state index contributed by atoms with van der Waals surface area (Å²) in [6.45, 7) is 1.16. The van der Waals surface area contributed by atoms with Crippen LogP contribution in [0.2, 0.25) is 0 Å². The Kier molecular flexibility index (Phi) is 5.81. The topological polar surface area (TPSA) is 70.7 Å². The van der Waals surface area contributed by atoms with E-state index in [9.17, 15) is 8.42 Å². The van der Waals surface area contributed by atoms with Crippen molar-refractivity contribution in [3.8, 4) is 5.75 Å². The normalized spacial score (nSPS) is 19.1. The third-order valence-corrected chi connectivity index (χ3v) is 6.65. The Hall–Kier alpha value is -1.38. The van der Waals surface area contributed by atoms with Gasteiger partial charge in [-0.1, -0.05) is 12.8 Å². The number of anilines is 1. The molecule has 0 unspecified atom stereocenters. The first kappa shape index (κ1) is 18.4. The minimum absolute atomic E-state index is 0.270. The summed E-state index contributed by atoms with van der Waals surface area (Å²) in [5.41, 5.74) is 0.566. The molecule has 0 radical (unpaired) electrons. The molecule has 25 heavy (non-hydrogen) atoms. The molecule has 1 aromatic rings. The molecule has 1 aliphatic heterocycles. The molecule has 0 bridgehead atoms. The molecule has 6 nitrogen and oxygen atoms in total. The maximum absolute atomic E-state index is 13.0. The van der Waals surface area contributed by atoms with Crippen LogP contribution >= 0.6 is 12.2 Å². The van der Waals surface area contributed by atoms with Gasteiger partial charge in [-0.3, -0.25) is 0 Å². The smallest absolute Gasteiger partial charge is 0.243 e. The molecule has 2 fully saturated rings. The number of nitrogens with zero attached hydrogens (tertiary/aromatic N) is 1. The third kappa shape index (κ3) is 4.62. The zero-order chi connectivity index (χ0) is 17.9. The predicted octanol–water partition coefficient (Wildman–Crippen LogP) is 2.71. The van der Waals surface area contributed by atoms with Gasteiger partial charge < -0.3 is 15.4 Å². The quantitative estimate of drug-likeness (QED) is 0.762. The van der Waals surface area contributed by atoms with Gasteiger partial charge in [-0.15, -0.1) is 0 Å². The Morgan fingerprint density at radius 2 is 1.88 bits per heavy atom. The van der Waals surface area contributed by atoms with Gasteiger partial charge in [0.25, 0.3) is 0 Å². The second kappa shape index (κ2) is 7.88. The van der Waals surface area contributed by atoms with Gasteiger partial charge in [0.2, 0.25) is 10.0 Å². The summed E-state index contributed by atoms with van der Waals surface area (Å²) in [6, 6.07) is 5.31. The molecule has 1 saturated heterocycles. The highest BCUT2D eigenvalue weighted by atomic mass is 32.2. The van der Waals surface area contributed by atoms with Gasteiger partial charge in [-0.2, -0.15) is 4.31 Å². The molecule has 0 aromatic heterocycles. The second-order valence-corrected chi connectivity index (χ2v) is 8.90. The van der Waals surface area contributed by atoms with Crippen molar-refractivity contribution >= 4 is 33.0 Å². The molecule has 1 heterocycles. The molecule has 2 aliphatic rings. The van der Waals surface area contributed by atoms with E-state index in [2.05, 4.69) is 10.6 Å². The lowest BCUT2D eigenvalue weighted by atomic mass is 10.2. The molecular weight excluding hydrogens is 358 g/mol. The lowest BCUT2D eigenvalue weighted by Crippen LogP contribution is -2.32. The second-order valence-electron chi connectivity index (χ2n) is 6.55. The van der Waals surface area contributed by atoms with E-state index in [4.69, 9.17) is 17.0 Å². The van der Waals surface area contributed by atoms with Crippen LogP contribution in [0, 0.1) is 0 Å². The maximum atomic E-state index is 13.0. The van der Waals surface area contributed by atoms with Crippen LogP contribution in [0.25, 0.3) is 0 Å². The minimum Gasteiger partial charge on any atom is -0.495 e. The summed E-state index contributed by atoms with van der Waals surface area (Å²) in [5, 5.41) is 6.75. The van der Waals surface area contributed by atoms with Crippen molar-refractivity contribution in [3.05, 3.63) is 18.2 Å². The van der Waals surface area contributed by atoms with Gasteiger partial charge in [-0.25, -0.2) is 8.42 Å². The van der Waals surface area contributed by atoms with E-state index in [1.165, 1.54) is 0 Å². The van der Waals surface area contributed by atoms with E-state index < -0.39 is 10.0 Å². The fourth-order valence-electron chi connectivity index (χ4n) is 2.95. The number of methoxy groups -OCH3 is 1. The van der Waals surface area contributed by atoms with Crippen LogP contribution in [-0.4, -0.2) is 44.1 Å². The number of hydrogen-bond donors (Lipinski definition) is 2. The predicted molar refractivity (Wildman–Crippen MR) is 103 cm³/mol. The van der Waals surface area contributed by atoms with Crippen LogP contribution in [0.3, 0.4) is 0 Å². The zero-order valence-corrected chi connectivity index (χ0v) is 16.1. The Balaban J connectivity index is 1.82. The molecule has 2 N–H and O–H groups in total. The number of thiocarbonyl (C=S) groups is 1. The van der Waals surface area contributed by atoms with Crippen molar-refractivity contribution < 1.29 is 13.2 Å². The monoisotopic (exact) mass is 383 g/mol. The molecule has 138 valence electrons. The van der Waals surface area contributed by atoms with E-state index in [0.717, 1.165) is 38.5 Å². The van der Waals surface area contributed by atoms with E-state index in [1.807, 2.05) is 0 Å². The molecule has 1 saturated carbocycles. The average Bonchev–Trinajstić information content (AvgIpc) is 3.41. The standard InChI is InChI=1S/C17H25N3O3S2/c1-23-16-9-8-14(12-15(16)19-17(24)18-13-6-7-13)25(21,22)20-10-4-2-3-5-11-20/h8-9,12-13H,2-7,10-11H2,1H3,(H2,18,19,24). The van der Waals surface area contributed by atoms with E-state index in [1.54, 1.807) is 29.6 Å². The maximum Gasteiger partial charge on any atom is 0.243 e. The SMILES string of the molecule is COc1ccc(S(=O)(=O)N2CCCCCC2)cc1NC(=S)NC1CC1. The van der Waals surface area contributed by atoms with Crippen molar-refractivity contribution in [2.45, 2.75) is 49.5 Å². The first-order valence-corrected chi connectivity index (χ1v) is 10.6. The summed E-state index contributed by atoms with van der Waals surface area (Å²) in [6.07, 6.45) is 6.22. The van der Waals surface area contributed by atoms with Crippen LogP contribution < -0.4 is 15.4 Å². The van der Waals surface area contributed by atoms with Crippen LogP contribution in [-0.2, 0) is 10.0 Å². The number of sulfonamides is 1. The molecule has 1 aliphatic carbocycles. The van der Waals surface area contributed by atoms with Crippen molar-refractivity contribution in [2.75, 3.05) is 25.5 Å². The van der Waals surface area contributed by atoms with Gasteiger partial charge in [0.05, 0.1) is 17.7 Å². The number of rotatable bonds is 5. The van der Waals surface area contributed by atoms with E-state index >= 15 is 0 Å².